The molecule has 0 fully saturated rings. The molecule has 3 unspecified atom stereocenters. The van der Waals surface area contributed by atoms with E-state index in [0.717, 1.165) is 0 Å². The van der Waals surface area contributed by atoms with Crippen LogP contribution in [0, 0.1) is 0 Å². The Morgan fingerprint density at radius 3 is 2.29 bits per heavy atom. The van der Waals surface area contributed by atoms with E-state index in [0.29, 0.717) is 36.8 Å². The fourth-order valence-corrected chi connectivity index (χ4v) is 5.98. The molecular weight excluding hydrogens is 368 g/mol. The Morgan fingerprint density at radius 1 is 1.08 bits per heavy atom. The molecule has 0 aromatic heterocycles. The number of esters is 1. The molecule has 1 aliphatic rings. The summed E-state index contributed by atoms with van der Waals surface area (Å²) in [7, 11) is 0. The lowest BCUT2D eigenvalue weighted by molar-refractivity contribution is -0.144. The highest BCUT2D eigenvalue weighted by Gasteiger charge is 2.40. The molecule has 0 amide bonds. The van der Waals surface area contributed by atoms with Gasteiger partial charge in [-0.2, -0.15) is 0 Å². The van der Waals surface area contributed by atoms with Crippen molar-refractivity contribution in [1.29, 1.82) is 0 Å². The second kappa shape index (κ2) is 6.98. The van der Waals surface area contributed by atoms with Gasteiger partial charge in [0.25, 0.3) is 0 Å². The summed E-state index contributed by atoms with van der Waals surface area (Å²) in [5.74, 6) is -0.820. The molecule has 1 aliphatic heterocycles. The average molecular weight is 383 g/mol. The first-order chi connectivity index (χ1) is 11.4. The number of fused-ring (bicyclic) bond motifs is 2. The average Bonchev–Trinajstić information content (AvgIpc) is 2.58. The second-order valence-corrected chi connectivity index (χ2v) is 8.58. The van der Waals surface area contributed by atoms with E-state index in [9.17, 15) is 13.9 Å². The zero-order valence-electron chi connectivity index (χ0n) is 13.1. The van der Waals surface area contributed by atoms with Gasteiger partial charge in [0.05, 0.1) is 12.5 Å². The van der Waals surface area contributed by atoms with Crippen molar-refractivity contribution in [2.45, 2.75) is 39.3 Å². The van der Waals surface area contributed by atoms with Crippen molar-refractivity contribution in [3.63, 3.8) is 0 Å². The van der Waals surface area contributed by atoms with Gasteiger partial charge in [0.1, 0.15) is 0 Å². The summed E-state index contributed by atoms with van der Waals surface area (Å²) in [5.41, 5.74) is 0.690. The molecule has 126 valence electrons. The van der Waals surface area contributed by atoms with Crippen molar-refractivity contribution in [3.8, 4) is 0 Å². The maximum absolute atomic E-state index is 12.9. The van der Waals surface area contributed by atoms with Crippen molar-refractivity contribution in [3.05, 3.63) is 47.0 Å². The minimum atomic E-state index is -1.47. The van der Waals surface area contributed by atoms with Gasteiger partial charge in [-0.1, -0.05) is 17.7 Å². The van der Waals surface area contributed by atoms with Crippen LogP contribution in [0.15, 0.2) is 56.0 Å². The highest BCUT2D eigenvalue weighted by atomic mass is 35.5. The van der Waals surface area contributed by atoms with Gasteiger partial charge in [-0.25, -0.2) is 0 Å². The van der Waals surface area contributed by atoms with E-state index in [1.54, 1.807) is 50.2 Å². The summed E-state index contributed by atoms with van der Waals surface area (Å²) in [6.45, 7) is 3.78. The largest absolute Gasteiger partial charge is 0.606 e. The van der Waals surface area contributed by atoms with Gasteiger partial charge in [-0.05, 0) is 31.5 Å². The number of halogens is 1. The first-order valence-electron chi connectivity index (χ1n) is 7.37. The van der Waals surface area contributed by atoms with Gasteiger partial charge in [0.2, 0.25) is 19.6 Å². The third-order valence-electron chi connectivity index (χ3n) is 3.81. The lowest BCUT2D eigenvalue weighted by atomic mass is 10.0. The number of ether oxygens (including phenoxy) is 1. The predicted octanol–water partition coefficient (Wildman–Crippen LogP) is 3.65. The standard InChI is InChI=1S/C17H15ClO4S2/c1-3-22-17(19)10(2)11-4-6-13-15(8-11)23(20)14-7-5-12(18)9-16(14)24(13)21/h4-10H,3H2,1-2H3. The molecule has 3 atom stereocenters. The normalized spacial score (nSPS) is 20.0. The topological polar surface area (TPSA) is 72.4 Å². The van der Waals surface area contributed by atoms with Crippen LogP contribution in [-0.2, 0) is 31.9 Å². The number of carbonyl (C=O) groups is 1. The first kappa shape index (κ1) is 17.6. The molecule has 3 rings (SSSR count). The highest BCUT2D eigenvalue weighted by Crippen LogP contribution is 2.42. The van der Waals surface area contributed by atoms with Crippen molar-refractivity contribution in [2.75, 3.05) is 6.61 Å². The Balaban J connectivity index is 2.03. The molecule has 2 aromatic rings. The SMILES string of the molecule is CCOC(=O)C(C)c1ccc2c(c1)[S+]([O-])c1ccc(Cl)cc1[S+]2[O-]. The Hall–Kier alpha value is -1.18. The Labute approximate surface area is 151 Å². The minimum Gasteiger partial charge on any atom is -0.606 e. The van der Waals surface area contributed by atoms with Gasteiger partial charge in [0, 0.05) is 45.6 Å². The minimum absolute atomic E-state index is 0.304. The van der Waals surface area contributed by atoms with Gasteiger partial charge in [0.15, 0.2) is 0 Å². The molecule has 2 aromatic carbocycles. The first-order valence-corrected chi connectivity index (χ1v) is 10.1. The molecule has 4 nitrogen and oxygen atoms in total. The summed E-state index contributed by atoms with van der Waals surface area (Å²) < 4.78 is 30.6. The lowest BCUT2D eigenvalue weighted by Crippen LogP contribution is -2.21. The molecule has 0 aliphatic carbocycles. The molecular formula is C17H15ClO4S2. The Kier molecular flexibility index (Phi) is 5.13. The third kappa shape index (κ3) is 3.05. The molecule has 24 heavy (non-hydrogen) atoms. The fraction of sp³-hybridized carbons (Fsp3) is 0.235. The van der Waals surface area contributed by atoms with Crippen LogP contribution in [0.5, 0.6) is 0 Å². The summed E-state index contributed by atoms with van der Waals surface area (Å²) in [6, 6.07) is 9.93. The predicted molar refractivity (Wildman–Crippen MR) is 92.3 cm³/mol. The van der Waals surface area contributed by atoms with Crippen molar-refractivity contribution in [1.82, 2.24) is 0 Å². The number of rotatable bonds is 3. The molecule has 1 heterocycles. The van der Waals surface area contributed by atoms with E-state index in [-0.39, 0.29) is 5.97 Å². The van der Waals surface area contributed by atoms with Crippen LogP contribution in [0.3, 0.4) is 0 Å². The number of carbonyl (C=O) groups excluding carboxylic acids is 1. The quantitative estimate of drug-likeness (QED) is 0.600. The molecule has 0 bridgehead atoms. The zero-order chi connectivity index (χ0) is 17.4. The Bertz CT molecular complexity index is 796. The molecule has 0 spiro atoms. The fourth-order valence-electron chi connectivity index (χ4n) is 2.51. The summed E-state index contributed by atoms with van der Waals surface area (Å²) in [6.07, 6.45) is 0. The Morgan fingerprint density at radius 2 is 1.67 bits per heavy atom. The molecule has 0 N–H and O–H groups in total. The van der Waals surface area contributed by atoms with Gasteiger partial charge < -0.3 is 13.8 Å². The lowest BCUT2D eigenvalue weighted by Gasteiger charge is -2.23. The third-order valence-corrected chi connectivity index (χ3v) is 7.29. The van der Waals surface area contributed by atoms with Crippen molar-refractivity contribution < 1.29 is 18.6 Å². The zero-order valence-corrected chi connectivity index (χ0v) is 15.5. The van der Waals surface area contributed by atoms with Crippen LogP contribution in [-0.4, -0.2) is 21.7 Å². The van der Waals surface area contributed by atoms with Crippen LogP contribution in [0.4, 0.5) is 0 Å². The van der Waals surface area contributed by atoms with E-state index in [4.69, 9.17) is 16.3 Å². The number of benzene rings is 2. The van der Waals surface area contributed by atoms with E-state index in [1.807, 2.05) is 0 Å². The van der Waals surface area contributed by atoms with E-state index in [1.165, 1.54) is 0 Å². The highest BCUT2D eigenvalue weighted by molar-refractivity contribution is 7.97. The van der Waals surface area contributed by atoms with Crippen molar-refractivity contribution >= 4 is 39.9 Å². The summed E-state index contributed by atoms with van der Waals surface area (Å²) >= 11 is 3.05. The van der Waals surface area contributed by atoms with Crippen molar-refractivity contribution in [2.24, 2.45) is 0 Å². The summed E-state index contributed by atoms with van der Waals surface area (Å²) in [4.78, 5) is 13.8. The second-order valence-electron chi connectivity index (χ2n) is 5.31. The van der Waals surface area contributed by atoms with Gasteiger partial charge >= 0.3 is 5.97 Å². The monoisotopic (exact) mass is 382 g/mol. The summed E-state index contributed by atoms with van der Waals surface area (Å²) in [5, 5.41) is 0.454. The molecule has 0 radical (unpaired) electrons. The van der Waals surface area contributed by atoms with E-state index < -0.39 is 28.3 Å². The molecule has 0 saturated heterocycles. The molecule has 7 heteroatoms. The number of hydrogen-bond acceptors (Lipinski definition) is 4. The van der Waals surface area contributed by atoms with Gasteiger partial charge in [-0.3, -0.25) is 4.79 Å². The van der Waals surface area contributed by atoms with Crippen LogP contribution in [0.2, 0.25) is 5.02 Å². The van der Waals surface area contributed by atoms with Gasteiger partial charge in [-0.15, -0.1) is 0 Å². The van der Waals surface area contributed by atoms with E-state index in [2.05, 4.69) is 0 Å². The van der Waals surface area contributed by atoms with Crippen LogP contribution >= 0.6 is 11.6 Å². The number of hydrogen-bond donors (Lipinski definition) is 0. The van der Waals surface area contributed by atoms with Crippen LogP contribution in [0.1, 0.15) is 25.3 Å². The molecule has 0 saturated carbocycles. The smallest absolute Gasteiger partial charge is 0.313 e. The van der Waals surface area contributed by atoms with Crippen LogP contribution in [0.25, 0.3) is 0 Å². The van der Waals surface area contributed by atoms with E-state index >= 15 is 0 Å². The maximum atomic E-state index is 12.9. The van der Waals surface area contributed by atoms with Crippen LogP contribution < -0.4 is 0 Å². The maximum Gasteiger partial charge on any atom is 0.313 e.